The first kappa shape index (κ1) is 14.9. The molecule has 6 nitrogen and oxygen atoms in total. The number of halogens is 1. The zero-order valence-electron chi connectivity index (χ0n) is 11.4. The van der Waals surface area contributed by atoms with Crippen LogP contribution in [0.3, 0.4) is 0 Å². The summed E-state index contributed by atoms with van der Waals surface area (Å²) in [7, 11) is 0. The van der Waals surface area contributed by atoms with Crippen LogP contribution in [0.2, 0.25) is 5.02 Å². The minimum atomic E-state index is -0.552. The van der Waals surface area contributed by atoms with E-state index in [1.165, 1.54) is 18.3 Å². The van der Waals surface area contributed by atoms with Crippen molar-refractivity contribution in [1.82, 2.24) is 4.98 Å². The Bertz CT molecular complexity index is 731. The van der Waals surface area contributed by atoms with E-state index in [-0.39, 0.29) is 22.0 Å². The quantitative estimate of drug-likeness (QED) is 0.694. The van der Waals surface area contributed by atoms with Crippen molar-refractivity contribution in [1.29, 1.82) is 0 Å². The van der Waals surface area contributed by atoms with Gasteiger partial charge >= 0.3 is 0 Å². The van der Waals surface area contributed by atoms with E-state index in [1.807, 2.05) is 0 Å². The van der Waals surface area contributed by atoms with Crippen LogP contribution >= 0.6 is 11.6 Å². The lowest BCUT2D eigenvalue weighted by atomic mass is 10.1. The second-order valence-electron chi connectivity index (χ2n) is 4.54. The van der Waals surface area contributed by atoms with Gasteiger partial charge in [-0.2, -0.15) is 0 Å². The van der Waals surface area contributed by atoms with Crippen LogP contribution in [-0.4, -0.2) is 15.8 Å². The Morgan fingerprint density at radius 3 is 2.67 bits per heavy atom. The van der Waals surface area contributed by atoms with E-state index >= 15 is 0 Å². The zero-order valence-corrected chi connectivity index (χ0v) is 12.1. The third-order valence-corrected chi connectivity index (χ3v) is 3.14. The number of pyridine rings is 1. The molecule has 1 aromatic carbocycles. The van der Waals surface area contributed by atoms with Crippen molar-refractivity contribution in [2.45, 2.75) is 13.8 Å². The Kier molecular flexibility index (Phi) is 4.18. The summed E-state index contributed by atoms with van der Waals surface area (Å²) in [5.41, 5.74) is 1.59. The van der Waals surface area contributed by atoms with E-state index in [1.54, 1.807) is 26.0 Å². The predicted octanol–water partition coefficient (Wildman–Crippen LogP) is 3.51. The van der Waals surface area contributed by atoms with Crippen LogP contribution in [0.5, 0.6) is 0 Å². The van der Waals surface area contributed by atoms with E-state index in [4.69, 9.17) is 11.6 Å². The van der Waals surface area contributed by atoms with Gasteiger partial charge in [0, 0.05) is 18.0 Å². The second-order valence-corrected chi connectivity index (χ2v) is 4.94. The van der Waals surface area contributed by atoms with Gasteiger partial charge in [-0.15, -0.1) is 0 Å². The van der Waals surface area contributed by atoms with Crippen LogP contribution in [0, 0.1) is 24.0 Å². The summed E-state index contributed by atoms with van der Waals surface area (Å²) < 4.78 is 0. The smallest absolute Gasteiger partial charge is 0.292 e. The van der Waals surface area contributed by atoms with E-state index in [9.17, 15) is 14.9 Å². The van der Waals surface area contributed by atoms with Crippen molar-refractivity contribution in [2.24, 2.45) is 0 Å². The molecule has 1 amide bonds. The highest BCUT2D eigenvalue weighted by Gasteiger charge is 2.18. The summed E-state index contributed by atoms with van der Waals surface area (Å²) in [6.07, 6.45) is 1.34. The molecule has 0 fully saturated rings. The molecule has 0 atom stereocenters. The van der Waals surface area contributed by atoms with Crippen molar-refractivity contribution in [3.05, 3.63) is 62.4 Å². The molecule has 1 heterocycles. The number of aryl methyl sites for hydroxylation is 2. The first-order valence-electron chi connectivity index (χ1n) is 6.07. The van der Waals surface area contributed by atoms with E-state index < -0.39 is 10.8 Å². The molecule has 0 aliphatic rings. The van der Waals surface area contributed by atoms with Gasteiger partial charge in [-0.3, -0.25) is 19.9 Å². The molecule has 0 spiro atoms. The molecule has 0 unspecified atom stereocenters. The number of aromatic nitrogens is 1. The highest BCUT2D eigenvalue weighted by atomic mass is 35.5. The second kappa shape index (κ2) is 5.88. The number of anilines is 1. The molecule has 0 aliphatic heterocycles. The molecule has 2 rings (SSSR count). The maximum absolute atomic E-state index is 12.2. The third kappa shape index (κ3) is 3.35. The predicted molar refractivity (Wildman–Crippen MR) is 79.8 cm³/mol. The van der Waals surface area contributed by atoms with Crippen LogP contribution in [0.4, 0.5) is 11.4 Å². The van der Waals surface area contributed by atoms with Gasteiger partial charge in [0.05, 0.1) is 15.5 Å². The van der Waals surface area contributed by atoms with Gasteiger partial charge in [-0.1, -0.05) is 17.7 Å². The molecular weight excluding hydrogens is 294 g/mol. The highest BCUT2D eigenvalue weighted by Crippen LogP contribution is 2.26. The van der Waals surface area contributed by atoms with Crippen LogP contribution < -0.4 is 5.32 Å². The molecule has 0 bridgehead atoms. The molecule has 2 aromatic rings. The largest absolute Gasteiger partial charge is 0.316 e. The van der Waals surface area contributed by atoms with Crippen molar-refractivity contribution in [3.63, 3.8) is 0 Å². The summed E-state index contributed by atoms with van der Waals surface area (Å²) in [5, 5.41) is 13.7. The highest BCUT2D eigenvalue weighted by molar-refractivity contribution is 6.34. The van der Waals surface area contributed by atoms with E-state index in [0.29, 0.717) is 5.69 Å². The van der Waals surface area contributed by atoms with Gasteiger partial charge < -0.3 is 5.32 Å². The fraction of sp³-hybridized carbons (Fsp3) is 0.143. The number of amides is 1. The SMILES string of the molecule is Cc1ccc([N+](=O)[O-])c(NC(=O)c2cnc(C)cc2Cl)c1. The minimum Gasteiger partial charge on any atom is -0.316 e. The number of hydrogen-bond acceptors (Lipinski definition) is 4. The summed E-state index contributed by atoms with van der Waals surface area (Å²) in [5.74, 6) is -0.541. The molecule has 0 radical (unpaired) electrons. The maximum Gasteiger partial charge on any atom is 0.292 e. The molecule has 7 heteroatoms. The first-order valence-corrected chi connectivity index (χ1v) is 6.45. The molecule has 0 saturated carbocycles. The number of nitrogens with zero attached hydrogens (tertiary/aromatic N) is 2. The summed E-state index contributed by atoms with van der Waals surface area (Å²) in [6.45, 7) is 3.53. The van der Waals surface area contributed by atoms with Gasteiger partial charge in [0.15, 0.2) is 0 Å². The zero-order chi connectivity index (χ0) is 15.6. The molecular formula is C14H12ClN3O3. The lowest BCUT2D eigenvalue weighted by Gasteiger charge is -2.08. The molecule has 1 aromatic heterocycles. The van der Waals surface area contributed by atoms with Crippen LogP contribution in [0.15, 0.2) is 30.5 Å². The Balaban J connectivity index is 2.35. The molecule has 0 aliphatic carbocycles. The molecule has 21 heavy (non-hydrogen) atoms. The number of rotatable bonds is 3. The first-order chi connectivity index (χ1) is 9.88. The Morgan fingerprint density at radius 2 is 2.05 bits per heavy atom. The molecule has 108 valence electrons. The molecule has 0 saturated heterocycles. The average molecular weight is 306 g/mol. The van der Waals surface area contributed by atoms with Gasteiger partial charge in [-0.05, 0) is 31.5 Å². The third-order valence-electron chi connectivity index (χ3n) is 2.83. The van der Waals surface area contributed by atoms with Crippen molar-refractivity contribution in [2.75, 3.05) is 5.32 Å². The van der Waals surface area contributed by atoms with Crippen molar-refractivity contribution >= 4 is 28.9 Å². The van der Waals surface area contributed by atoms with Crippen molar-refractivity contribution < 1.29 is 9.72 Å². The Labute approximate surface area is 125 Å². The number of carbonyl (C=O) groups excluding carboxylic acids is 1. The number of carbonyl (C=O) groups is 1. The number of nitro benzene ring substituents is 1. The topological polar surface area (TPSA) is 85.1 Å². The fourth-order valence-electron chi connectivity index (χ4n) is 1.79. The van der Waals surface area contributed by atoms with Gasteiger partial charge in [-0.25, -0.2) is 0 Å². The lowest BCUT2D eigenvalue weighted by Crippen LogP contribution is -2.14. The van der Waals surface area contributed by atoms with Crippen molar-refractivity contribution in [3.8, 4) is 0 Å². The fourth-order valence-corrected chi connectivity index (χ4v) is 2.08. The normalized spacial score (nSPS) is 10.2. The summed E-state index contributed by atoms with van der Waals surface area (Å²) in [6, 6.07) is 6.04. The summed E-state index contributed by atoms with van der Waals surface area (Å²) >= 11 is 5.99. The number of hydrogen-bond donors (Lipinski definition) is 1. The number of benzene rings is 1. The van der Waals surface area contributed by atoms with Crippen LogP contribution in [0.1, 0.15) is 21.6 Å². The minimum absolute atomic E-state index is 0.127. The van der Waals surface area contributed by atoms with Gasteiger partial charge in [0.1, 0.15) is 5.69 Å². The molecule has 1 N–H and O–H groups in total. The van der Waals surface area contributed by atoms with Gasteiger partial charge in [0.2, 0.25) is 0 Å². The number of nitrogens with one attached hydrogen (secondary N) is 1. The standard InChI is InChI=1S/C14H12ClN3O3/c1-8-3-4-13(18(20)21)12(5-8)17-14(19)10-7-16-9(2)6-11(10)15/h3-7H,1-2H3,(H,17,19). The lowest BCUT2D eigenvalue weighted by molar-refractivity contribution is -0.383. The van der Waals surface area contributed by atoms with E-state index in [0.717, 1.165) is 5.56 Å². The summed E-state index contributed by atoms with van der Waals surface area (Å²) in [4.78, 5) is 26.6. The average Bonchev–Trinajstić information content (AvgIpc) is 2.37. The Hall–Kier alpha value is -2.47. The van der Waals surface area contributed by atoms with E-state index in [2.05, 4.69) is 10.3 Å². The van der Waals surface area contributed by atoms with Gasteiger partial charge in [0.25, 0.3) is 11.6 Å². The maximum atomic E-state index is 12.2. The monoisotopic (exact) mass is 305 g/mol. The number of nitro groups is 1. The van der Waals surface area contributed by atoms with Crippen LogP contribution in [0.25, 0.3) is 0 Å². The Morgan fingerprint density at radius 1 is 1.33 bits per heavy atom. The van der Waals surface area contributed by atoms with Crippen LogP contribution in [-0.2, 0) is 0 Å².